The van der Waals surface area contributed by atoms with Crippen LogP contribution >= 0.6 is 23.2 Å². The van der Waals surface area contributed by atoms with Crippen LogP contribution in [0.1, 0.15) is 51.7 Å². The van der Waals surface area contributed by atoms with E-state index >= 15 is 0 Å². The van der Waals surface area contributed by atoms with E-state index in [1.54, 1.807) is 4.90 Å². The predicted octanol–water partition coefficient (Wildman–Crippen LogP) is 6.70. The van der Waals surface area contributed by atoms with Crippen LogP contribution in [0.25, 0.3) is 0 Å². The van der Waals surface area contributed by atoms with Crippen molar-refractivity contribution >= 4 is 29.3 Å². The van der Waals surface area contributed by atoms with Gasteiger partial charge in [0.05, 0.1) is 0 Å². The minimum atomic E-state index is -0.470. The first kappa shape index (κ1) is 25.5. The second kappa shape index (κ2) is 11.8. The molecule has 0 aromatic heterocycles. The average Bonchev–Trinajstić information content (AvgIpc) is 2.74. The molecule has 4 nitrogen and oxygen atoms in total. The van der Waals surface area contributed by atoms with E-state index in [2.05, 4.69) is 29.2 Å². The van der Waals surface area contributed by atoms with Crippen LogP contribution in [0.2, 0.25) is 10.0 Å². The summed E-state index contributed by atoms with van der Waals surface area (Å²) >= 11 is 12.2. The van der Waals surface area contributed by atoms with E-state index < -0.39 is 5.60 Å². The fraction of sp³-hybridized carbons (Fsp3) is 0.480. The van der Waals surface area contributed by atoms with Crippen molar-refractivity contribution in [3.05, 3.63) is 69.7 Å². The van der Waals surface area contributed by atoms with E-state index in [4.69, 9.17) is 27.9 Å². The molecule has 2 aromatic rings. The first-order valence-corrected chi connectivity index (χ1v) is 11.7. The predicted molar refractivity (Wildman–Crippen MR) is 130 cm³/mol. The molecule has 1 fully saturated rings. The first-order valence-electron chi connectivity index (χ1n) is 10.9. The van der Waals surface area contributed by atoms with Gasteiger partial charge in [-0.2, -0.15) is 0 Å². The normalized spacial score (nSPS) is 14.8. The summed E-state index contributed by atoms with van der Waals surface area (Å²) in [5.41, 5.74) is 1.96. The third kappa shape index (κ3) is 8.03. The number of hydrogen-bond donors (Lipinski definition) is 0. The molecule has 6 heteroatoms. The molecule has 1 aliphatic heterocycles. The van der Waals surface area contributed by atoms with Crippen LogP contribution in [-0.4, -0.2) is 54.2 Å². The molecule has 0 bridgehead atoms. The second-order valence-corrected chi connectivity index (χ2v) is 9.30. The molecule has 2 aromatic carbocycles. The van der Waals surface area contributed by atoms with Crippen molar-refractivity contribution in [2.45, 2.75) is 46.1 Å². The Labute approximate surface area is 197 Å². The monoisotopic (exact) mass is 464 g/mol. The summed E-state index contributed by atoms with van der Waals surface area (Å²) in [5.74, 6) is 0.206. The summed E-state index contributed by atoms with van der Waals surface area (Å²) in [6, 6.07) is 16.1. The zero-order chi connectivity index (χ0) is 23.0. The van der Waals surface area contributed by atoms with Gasteiger partial charge in [0.2, 0.25) is 0 Å². The number of nitrogens with zero attached hydrogens (tertiary/aromatic N) is 2. The number of hydrogen-bond acceptors (Lipinski definition) is 3. The summed E-state index contributed by atoms with van der Waals surface area (Å²) in [4.78, 5) is 16.5. The number of piperazine rings is 1. The van der Waals surface area contributed by atoms with Crippen molar-refractivity contribution in [1.29, 1.82) is 0 Å². The lowest BCUT2D eigenvalue weighted by Crippen LogP contribution is -2.50. The summed E-state index contributed by atoms with van der Waals surface area (Å²) in [5, 5.41) is 1.46. The van der Waals surface area contributed by atoms with Gasteiger partial charge in [0.1, 0.15) is 5.60 Å². The van der Waals surface area contributed by atoms with Crippen molar-refractivity contribution in [2.24, 2.45) is 0 Å². The molecule has 0 N–H and O–H groups in total. The van der Waals surface area contributed by atoms with Crippen molar-refractivity contribution in [3.8, 4) is 0 Å². The van der Waals surface area contributed by atoms with Crippen LogP contribution in [-0.2, 0) is 4.74 Å². The molecule has 0 radical (unpaired) electrons. The third-order valence-corrected chi connectivity index (χ3v) is 5.51. The van der Waals surface area contributed by atoms with Gasteiger partial charge in [0, 0.05) is 48.7 Å². The molecule has 170 valence electrons. The Kier molecular flexibility index (Phi) is 9.67. The van der Waals surface area contributed by atoms with E-state index in [0.717, 1.165) is 29.7 Å². The minimum Gasteiger partial charge on any atom is -0.444 e. The number of benzene rings is 2. The average molecular weight is 465 g/mol. The molecular weight excluding hydrogens is 431 g/mol. The van der Waals surface area contributed by atoms with E-state index in [1.165, 1.54) is 11.1 Å². The van der Waals surface area contributed by atoms with Crippen LogP contribution in [0, 0.1) is 0 Å². The van der Waals surface area contributed by atoms with E-state index in [0.29, 0.717) is 13.1 Å². The molecule has 0 aliphatic carbocycles. The van der Waals surface area contributed by atoms with Gasteiger partial charge in [-0.15, -0.1) is 0 Å². The Balaban J connectivity index is 0.00000166. The van der Waals surface area contributed by atoms with Gasteiger partial charge in [0.25, 0.3) is 0 Å². The summed E-state index contributed by atoms with van der Waals surface area (Å²) < 4.78 is 5.50. The molecule has 1 saturated heterocycles. The lowest BCUT2D eigenvalue weighted by Gasteiger charge is -2.37. The number of ether oxygens (including phenoxy) is 1. The topological polar surface area (TPSA) is 32.8 Å². The van der Waals surface area contributed by atoms with Gasteiger partial charge in [-0.1, -0.05) is 61.3 Å². The molecular formula is C25H34Cl2N2O2. The van der Waals surface area contributed by atoms with Gasteiger partial charge >= 0.3 is 6.09 Å². The van der Waals surface area contributed by atoms with Crippen LogP contribution in [0.15, 0.2) is 48.5 Å². The highest BCUT2D eigenvalue weighted by Gasteiger charge is 2.27. The standard InChI is InChI=1S/C23H28Cl2N2O2.C2H6/c1-23(2,3)29-22(28)27-14-12-26(13-15-27)16-21(17-4-8-19(24)9-5-17)18-6-10-20(25)11-7-18;1-2/h4-11,21H,12-16H2,1-3H3;1-2H3. The van der Waals surface area contributed by atoms with Crippen LogP contribution in [0.5, 0.6) is 0 Å². The Hall–Kier alpha value is -1.75. The van der Waals surface area contributed by atoms with E-state index in [-0.39, 0.29) is 12.0 Å². The van der Waals surface area contributed by atoms with Gasteiger partial charge in [-0.05, 0) is 56.2 Å². The van der Waals surface area contributed by atoms with Crippen molar-refractivity contribution < 1.29 is 9.53 Å². The van der Waals surface area contributed by atoms with Gasteiger partial charge < -0.3 is 9.64 Å². The number of amides is 1. The summed E-state index contributed by atoms with van der Waals surface area (Å²) in [7, 11) is 0. The molecule has 0 saturated carbocycles. The SMILES string of the molecule is CC.CC(C)(C)OC(=O)N1CCN(CC(c2ccc(Cl)cc2)c2ccc(Cl)cc2)CC1. The Morgan fingerprint density at radius 1 is 0.871 bits per heavy atom. The van der Waals surface area contributed by atoms with Crippen molar-refractivity contribution in [3.63, 3.8) is 0 Å². The molecule has 1 heterocycles. The Morgan fingerprint density at radius 3 is 1.68 bits per heavy atom. The highest BCUT2D eigenvalue weighted by molar-refractivity contribution is 6.30. The number of carbonyl (C=O) groups excluding carboxylic acids is 1. The van der Waals surface area contributed by atoms with Gasteiger partial charge in [-0.3, -0.25) is 4.90 Å². The van der Waals surface area contributed by atoms with Gasteiger partial charge in [0.15, 0.2) is 0 Å². The lowest BCUT2D eigenvalue weighted by molar-refractivity contribution is 0.0143. The van der Waals surface area contributed by atoms with E-state index in [9.17, 15) is 4.79 Å². The maximum atomic E-state index is 12.3. The highest BCUT2D eigenvalue weighted by Crippen LogP contribution is 2.28. The minimum absolute atomic E-state index is 0.206. The zero-order valence-electron chi connectivity index (χ0n) is 19.2. The molecule has 0 unspecified atom stereocenters. The molecule has 1 amide bonds. The van der Waals surface area contributed by atoms with Crippen LogP contribution in [0.4, 0.5) is 4.79 Å². The van der Waals surface area contributed by atoms with Crippen molar-refractivity contribution in [1.82, 2.24) is 9.80 Å². The largest absolute Gasteiger partial charge is 0.444 e. The highest BCUT2D eigenvalue weighted by atomic mass is 35.5. The number of carbonyl (C=O) groups is 1. The fourth-order valence-corrected chi connectivity index (χ4v) is 3.74. The maximum absolute atomic E-state index is 12.3. The first-order chi connectivity index (χ1) is 14.7. The van der Waals surface area contributed by atoms with E-state index in [1.807, 2.05) is 58.9 Å². The van der Waals surface area contributed by atoms with Gasteiger partial charge in [-0.25, -0.2) is 4.79 Å². The zero-order valence-corrected chi connectivity index (χ0v) is 20.7. The Morgan fingerprint density at radius 2 is 1.29 bits per heavy atom. The molecule has 0 atom stereocenters. The molecule has 3 rings (SSSR count). The third-order valence-electron chi connectivity index (χ3n) is 5.01. The molecule has 1 aliphatic rings. The van der Waals surface area contributed by atoms with Crippen molar-refractivity contribution in [2.75, 3.05) is 32.7 Å². The Bertz CT molecular complexity index is 763. The number of halogens is 2. The maximum Gasteiger partial charge on any atom is 0.410 e. The summed E-state index contributed by atoms with van der Waals surface area (Å²) in [6.45, 7) is 13.5. The quantitative estimate of drug-likeness (QED) is 0.504. The molecule has 0 spiro atoms. The number of rotatable bonds is 4. The fourth-order valence-electron chi connectivity index (χ4n) is 3.49. The van der Waals surface area contributed by atoms with Crippen LogP contribution < -0.4 is 0 Å². The lowest BCUT2D eigenvalue weighted by atomic mass is 9.90. The second-order valence-electron chi connectivity index (χ2n) is 8.42. The summed E-state index contributed by atoms with van der Waals surface area (Å²) in [6.07, 6.45) is -0.232. The smallest absolute Gasteiger partial charge is 0.410 e. The van der Waals surface area contributed by atoms with Crippen LogP contribution in [0.3, 0.4) is 0 Å². The molecule has 31 heavy (non-hydrogen) atoms.